The largest absolute Gasteiger partial charge is 0.480 e. The van der Waals surface area contributed by atoms with Crippen LogP contribution in [0.25, 0.3) is 0 Å². The highest BCUT2D eigenvalue weighted by atomic mass is 32.2. The number of benzene rings is 1. The normalized spacial score (nSPS) is 13.6. The molecule has 1 aromatic rings. The summed E-state index contributed by atoms with van der Waals surface area (Å²) in [5, 5.41) is 8.91. The van der Waals surface area contributed by atoms with Gasteiger partial charge in [-0.05, 0) is 31.0 Å². The van der Waals surface area contributed by atoms with Gasteiger partial charge in [-0.1, -0.05) is 12.1 Å². The lowest BCUT2D eigenvalue weighted by Crippen LogP contribution is -2.40. The number of hydrogen-bond acceptors (Lipinski definition) is 3. The quantitative estimate of drug-likeness (QED) is 0.781. The third kappa shape index (κ3) is 4.31. The van der Waals surface area contributed by atoms with Gasteiger partial charge in [0, 0.05) is 0 Å². The summed E-state index contributed by atoms with van der Waals surface area (Å²) in [5.41, 5.74) is -1.06. The maximum Gasteiger partial charge on any atom is 0.416 e. The van der Waals surface area contributed by atoms with Crippen molar-refractivity contribution in [3.05, 3.63) is 42.0 Å². The Kier molecular flexibility index (Phi) is 5.36. The number of nitrogens with one attached hydrogen (secondary N) is 1. The molecular weight excluding hydrogens is 323 g/mol. The molecule has 9 heteroatoms. The summed E-state index contributed by atoms with van der Waals surface area (Å²) >= 11 is 0. The molecule has 0 amide bonds. The standard InChI is InChI=1S/C13H14F3NO4S/c1-3-4-10(12(18)19)17-22(20,21)11-7-9(13(14,15)16)6-5-8(11)2/h3,5-7,10,17H,1,4H2,2H3,(H,18,19). The Hall–Kier alpha value is -1.87. The van der Waals surface area contributed by atoms with E-state index in [2.05, 4.69) is 6.58 Å². The Bertz CT molecular complexity index is 683. The second-order valence-corrected chi connectivity index (χ2v) is 6.20. The lowest BCUT2D eigenvalue weighted by Gasteiger charge is -2.16. The Morgan fingerprint density at radius 2 is 2.05 bits per heavy atom. The molecule has 0 spiro atoms. The fraction of sp³-hybridized carbons (Fsp3) is 0.308. The minimum absolute atomic E-state index is 0.0724. The van der Waals surface area contributed by atoms with Gasteiger partial charge in [0.2, 0.25) is 10.0 Å². The van der Waals surface area contributed by atoms with Crippen molar-refractivity contribution in [3.63, 3.8) is 0 Å². The van der Waals surface area contributed by atoms with Crippen molar-refractivity contribution in [2.75, 3.05) is 0 Å². The van der Waals surface area contributed by atoms with Crippen molar-refractivity contribution in [1.82, 2.24) is 4.72 Å². The van der Waals surface area contributed by atoms with Crippen molar-refractivity contribution < 1.29 is 31.5 Å². The highest BCUT2D eigenvalue weighted by molar-refractivity contribution is 7.89. The number of carbonyl (C=O) groups is 1. The highest BCUT2D eigenvalue weighted by Gasteiger charge is 2.33. The predicted molar refractivity (Wildman–Crippen MR) is 72.7 cm³/mol. The van der Waals surface area contributed by atoms with Crippen LogP contribution in [-0.4, -0.2) is 25.5 Å². The monoisotopic (exact) mass is 337 g/mol. The first-order valence-corrected chi connectivity index (χ1v) is 7.51. The molecule has 0 radical (unpaired) electrons. The van der Waals surface area contributed by atoms with Gasteiger partial charge in [0.05, 0.1) is 10.5 Å². The van der Waals surface area contributed by atoms with Crippen molar-refractivity contribution in [3.8, 4) is 0 Å². The van der Waals surface area contributed by atoms with Gasteiger partial charge in [0.15, 0.2) is 0 Å². The van der Waals surface area contributed by atoms with Crippen LogP contribution in [0.15, 0.2) is 35.7 Å². The van der Waals surface area contributed by atoms with Crippen LogP contribution in [0.4, 0.5) is 13.2 Å². The molecule has 1 aromatic carbocycles. The average Bonchev–Trinajstić information content (AvgIpc) is 2.36. The Morgan fingerprint density at radius 1 is 1.45 bits per heavy atom. The molecule has 0 fully saturated rings. The van der Waals surface area contributed by atoms with E-state index in [4.69, 9.17) is 5.11 Å². The highest BCUT2D eigenvalue weighted by Crippen LogP contribution is 2.31. The number of halogens is 3. The SMILES string of the molecule is C=CCC(NS(=O)(=O)c1cc(C(F)(F)F)ccc1C)C(=O)O. The van der Waals surface area contributed by atoms with Crippen LogP contribution < -0.4 is 4.72 Å². The summed E-state index contributed by atoms with van der Waals surface area (Å²) in [7, 11) is -4.42. The summed E-state index contributed by atoms with van der Waals surface area (Å²) in [6, 6.07) is 0.745. The van der Waals surface area contributed by atoms with Crippen LogP contribution in [0, 0.1) is 6.92 Å². The zero-order valence-electron chi connectivity index (χ0n) is 11.5. The van der Waals surface area contributed by atoms with E-state index in [1.807, 2.05) is 4.72 Å². The van der Waals surface area contributed by atoms with Crippen molar-refractivity contribution in [1.29, 1.82) is 0 Å². The van der Waals surface area contributed by atoms with E-state index in [1.165, 1.54) is 13.0 Å². The second-order valence-electron chi connectivity index (χ2n) is 4.51. The Labute approximate surface area is 125 Å². The maximum atomic E-state index is 12.7. The van der Waals surface area contributed by atoms with Gasteiger partial charge in [-0.2, -0.15) is 17.9 Å². The number of carboxylic acids is 1. The van der Waals surface area contributed by atoms with Crippen LogP contribution in [0.3, 0.4) is 0 Å². The summed E-state index contributed by atoms with van der Waals surface area (Å²) in [4.78, 5) is 10.3. The first kappa shape index (κ1) is 18.2. The first-order valence-electron chi connectivity index (χ1n) is 6.03. The van der Waals surface area contributed by atoms with Gasteiger partial charge >= 0.3 is 12.1 Å². The zero-order valence-corrected chi connectivity index (χ0v) is 12.3. The Balaban J connectivity index is 3.27. The van der Waals surface area contributed by atoms with Crippen LogP contribution in [-0.2, 0) is 21.0 Å². The molecular formula is C13H14F3NO4S. The van der Waals surface area contributed by atoms with Gasteiger partial charge in [0.1, 0.15) is 6.04 Å². The van der Waals surface area contributed by atoms with E-state index in [0.29, 0.717) is 6.07 Å². The van der Waals surface area contributed by atoms with E-state index < -0.39 is 38.7 Å². The third-order valence-corrected chi connectivity index (χ3v) is 4.42. The fourth-order valence-electron chi connectivity index (χ4n) is 1.68. The molecule has 0 aliphatic heterocycles. The minimum Gasteiger partial charge on any atom is -0.480 e. The second kappa shape index (κ2) is 6.49. The molecule has 0 aromatic heterocycles. The minimum atomic E-state index is -4.70. The molecule has 0 heterocycles. The van der Waals surface area contributed by atoms with E-state index in [0.717, 1.165) is 12.1 Å². The molecule has 0 bridgehead atoms. The molecule has 22 heavy (non-hydrogen) atoms. The van der Waals surface area contributed by atoms with Crippen molar-refractivity contribution in [2.24, 2.45) is 0 Å². The van der Waals surface area contributed by atoms with E-state index in [-0.39, 0.29) is 12.0 Å². The number of aliphatic carboxylic acids is 1. The number of sulfonamides is 1. The average molecular weight is 337 g/mol. The first-order chi connectivity index (χ1) is 9.99. The molecule has 122 valence electrons. The Morgan fingerprint density at radius 3 is 2.50 bits per heavy atom. The lowest BCUT2D eigenvalue weighted by atomic mass is 10.1. The van der Waals surface area contributed by atoms with Gasteiger partial charge in [-0.3, -0.25) is 4.79 Å². The summed E-state index contributed by atoms with van der Waals surface area (Å²) in [6.07, 6.45) is -3.71. The summed E-state index contributed by atoms with van der Waals surface area (Å²) in [5.74, 6) is -1.45. The molecule has 0 aliphatic carbocycles. The molecule has 0 aliphatic rings. The van der Waals surface area contributed by atoms with Gasteiger partial charge in [-0.25, -0.2) is 8.42 Å². The number of aryl methyl sites for hydroxylation is 1. The van der Waals surface area contributed by atoms with Crippen LogP contribution in [0.1, 0.15) is 17.5 Å². The van der Waals surface area contributed by atoms with Crippen LogP contribution in [0.5, 0.6) is 0 Å². The molecule has 0 saturated carbocycles. The molecule has 1 rings (SSSR count). The van der Waals surface area contributed by atoms with E-state index in [1.54, 1.807) is 0 Å². The summed E-state index contributed by atoms with van der Waals surface area (Å²) in [6.45, 7) is 4.62. The van der Waals surface area contributed by atoms with Crippen molar-refractivity contribution in [2.45, 2.75) is 30.5 Å². The zero-order chi connectivity index (χ0) is 17.1. The maximum absolute atomic E-state index is 12.7. The number of rotatable bonds is 6. The van der Waals surface area contributed by atoms with Gasteiger partial charge in [0.25, 0.3) is 0 Å². The molecule has 1 unspecified atom stereocenters. The fourth-order valence-corrected chi connectivity index (χ4v) is 3.16. The molecule has 2 N–H and O–H groups in total. The lowest BCUT2D eigenvalue weighted by molar-refractivity contribution is -0.139. The van der Waals surface area contributed by atoms with E-state index in [9.17, 15) is 26.4 Å². The van der Waals surface area contributed by atoms with Gasteiger partial charge < -0.3 is 5.11 Å². The molecule has 0 saturated heterocycles. The molecule has 1 atom stereocenters. The van der Waals surface area contributed by atoms with Crippen LogP contribution >= 0.6 is 0 Å². The topological polar surface area (TPSA) is 83.5 Å². The van der Waals surface area contributed by atoms with Crippen LogP contribution in [0.2, 0.25) is 0 Å². The summed E-state index contributed by atoms with van der Waals surface area (Å²) < 4.78 is 64.2. The van der Waals surface area contributed by atoms with Gasteiger partial charge in [-0.15, -0.1) is 6.58 Å². The third-order valence-electron chi connectivity index (χ3n) is 2.80. The number of hydrogen-bond donors (Lipinski definition) is 2. The number of alkyl halides is 3. The smallest absolute Gasteiger partial charge is 0.416 e. The number of carboxylic acid groups (broad SMARTS) is 1. The van der Waals surface area contributed by atoms with Crippen molar-refractivity contribution >= 4 is 16.0 Å². The molecule has 5 nitrogen and oxygen atoms in total. The predicted octanol–water partition coefficient (Wildman–Crippen LogP) is 2.32. The van der Waals surface area contributed by atoms with E-state index >= 15 is 0 Å².